The monoisotopic (exact) mass is 219 g/mol. The van der Waals surface area contributed by atoms with Gasteiger partial charge in [0.05, 0.1) is 11.4 Å². The molecule has 1 aromatic carbocycles. The third kappa shape index (κ3) is 2.39. The van der Waals surface area contributed by atoms with Crippen LogP contribution in [0, 0.1) is 13.8 Å². The number of hydrogen-bond donors (Lipinski definition) is 1. The van der Waals surface area contributed by atoms with E-state index in [0.29, 0.717) is 5.69 Å². The molecule has 1 heterocycles. The summed E-state index contributed by atoms with van der Waals surface area (Å²) in [7, 11) is 0. The highest BCUT2D eigenvalue weighted by molar-refractivity contribution is 5.43. The van der Waals surface area contributed by atoms with Crippen LogP contribution in [-0.4, -0.2) is 20.1 Å². The van der Waals surface area contributed by atoms with Gasteiger partial charge >= 0.3 is 0 Å². The third-order valence-corrected chi connectivity index (χ3v) is 2.11. The Kier molecular flexibility index (Phi) is 4.05. The molecule has 0 bridgehead atoms. The summed E-state index contributed by atoms with van der Waals surface area (Å²) in [6, 6.07) is 6.99. The van der Waals surface area contributed by atoms with Gasteiger partial charge in [0, 0.05) is 0 Å². The third-order valence-electron chi connectivity index (χ3n) is 2.11. The average Bonchev–Trinajstić information content (AvgIpc) is 2.62. The molecular weight excluding hydrogens is 202 g/mol. The largest absolute Gasteiger partial charge is 0.506 e. The van der Waals surface area contributed by atoms with Gasteiger partial charge in [-0.05, 0) is 26.0 Å². The van der Waals surface area contributed by atoms with E-state index in [1.807, 2.05) is 33.8 Å². The molecule has 0 saturated heterocycles. The number of hydrogen-bond acceptors (Lipinski definition) is 3. The van der Waals surface area contributed by atoms with Crippen molar-refractivity contribution in [2.45, 2.75) is 27.7 Å². The zero-order valence-corrected chi connectivity index (χ0v) is 10.1. The Morgan fingerprint density at radius 3 is 2.00 bits per heavy atom. The van der Waals surface area contributed by atoms with Crippen LogP contribution >= 0.6 is 0 Å². The molecule has 0 spiro atoms. The Balaban J connectivity index is 0.000000606. The van der Waals surface area contributed by atoms with Gasteiger partial charge < -0.3 is 5.11 Å². The molecule has 2 rings (SSSR count). The highest BCUT2D eigenvalue weighted by Crippen LogP contribution is 2.19. The minimum Gasteiger partial charge on any atom is -0.506 e. The lowest BCUT2D eigenvalue weighted by Gasteiger charge is -2.00. The summed E-state index contributed by atoms with van der Waals surface area (Å²) in [4.78, 5) is 1.44. The van der Waals surface area contributed by atoms with Crippen molar-refractivity contribution in [3.8, 4) is 11.4 Å². The van der Waals surface area contributed by atoms with Gasteiger partial charge in [0.15, 0.2) is 0 Å². The predicted molar refractivity (Wildman–Crippen MR) is 63.8 cm³/mol. The number of phenols is 1. The number of phenolic OH excluding ortho intramolecular Hbond substituents is 1. The van der Waals surface area contributed by atoms with Gasteiger partial charge in [0.25, 0.3) is 0 Å². The first-order valence-corrected chi connectivity index (χ1v) is 5.37. The van der Waals surface area contributed by atoms with Crippen molar-refractivity contribution < 1.29 is 5.11 Å². The Labute approximate surface area is 95.5 Å². The van der Waals surface area contributed by atoms with Crippen LogP contribution in [0.15, 0.2) is 24.3 Å². The van der Waals surface area contributed by atoms with Crippen LogP contribution < -0.4 is 0 Å². The summed E-state index contributed by atoms with van der Waals surface area (Å²) in [6.45, 7) is 7.78. The van der Waals surface area contributed by atoms with Crippen LogP contribution in [0.5, 0.6) is 5.75 Å². The fourth-order valence-electron chi connectivity index (χ4n) is 1.19. The molecule has 4 nitrogen and oxygen atoms in total. The van der Waals surface area contributed by atoms with Crippen LogP contribution in [0.25, 0.3) is 5.69 Å². The van der Waals surface area contributed by atoms with Crippen LogP contribution in [0.3, 0.4) is 0 Å². The molecule has 1 aromatic heterocycles. The Morgan fingerprint density at radius 2 is 1.50 bits per heavy atom. The molecule has 1 N–H and O–H groups in total. The van der Waals surface area contributed by atoms with E-state index in [1.54, 1.807) is 18.2 Å². The van der Waals surface area contributed by atoms with E-state index in [2.05, 4.69) is 10.2 Å². The lowest BCUT2D eigenvalue weighted by atomic mass is 10.3. The molecule has 86 valence electrons. The number of aromatic nitrogens is 3. The summed E-state index contributed by atoms with van der Waals surface area (Å²) in [5.74, 6) is 0.183. The second-order valence-corrected chi connectivity index (χ2v) is 3.15. The molecule has 0 atom stereocenters. The molecule has 0 fully saturated rings. The number of rotatable bonds is 1. The smallest absolute Gasteiger partial charge is 0.143 e. The maximum Gasteiger partial charge on any atom is 0.143 e. The topological polar surface area (TPSA) is 50.9 Å². The molecular formula is C12H17N3O. The average molecular weight is 219 g/mol. The molecule has 0 aliphatic rings. The van der Waals surface area contributed by atoms with Gasteiger partial charge in [0.1, 0.15) is 11.4 Å². The first-order valence-electron chi connectivity index (χ1n) is 5.37. The summed E-state index contributed by atoms with van der Waals surface area (Å²) in [6.07, 6.45) is 0. The Hall–Kier alpha value is -1.84. The van der Waals surface area contributed by atoms with Gasteiger partial charge in [-0.2, -0.15) is 10.2 Å². The van der Waals surface area contributed by atoms with E-state index in [1.165, 1.54) is 4.80 Å². The van der Waals surface area contributed by atoms with Gasteiger partial charge in [0.2, 0.25) is 0 Å². The van der Waals surface area contributed by atoms with E-state index in [9.17, 15) is 5.11 Å². The molecule has 4 heteroatoms. The highest BCUT2D eigenvalue weighted by atomic mass is 16.3. The van der Waals surface area contributed by atoms with Crippen molar-refractivity contribution in [3.05, 3.63) is 35.7 Å². The van der Waals surface area contributed by atoms with Crippen LogP contribution in [0.2, 0.25) is 0 Å². The second kappa shape index (κ2) is 5.30. The lowest BCUT2D eigenvalue weighted by molar-refractivity contribution is 0.467. The van der Waals surface area contributed by atoms with Gasteiger partial charge in [-0.3, -0.25) is 0 Å². The second-order valence-electron chi connectivity index (χ2n) is 3.15. The highest BCUT2D eigenvalue weighted by Gasteiger charge is 2.06. The van der Waals surface area contributed by atoms with Crippen molar-refractivity contribution in [2.24, 2.45) is 0 Å². The predicted octanol–water partition coefficient (Wildman–Crippen LogP) is 2.62. The Bertz CT molecular complexity index is 444. The van der Waals surface area contributed by atoms with Gasteiger partial charge in [-0.1, -0.05) is 26.0 Å². The quantitative estimate of drug-likeness (QED) is 0.802. The van der Waals surface area contributed by atoms with Crippen molar-refractivity contribution in [2.75, 3.05) is 0 Å². The van der Waals surface area contributed by atoms with E-state index in [4.69, 9.17) is 0 Å². The number of nitrogens with zero attached hydrogens (tertiary/aromatic N) is 3. The van der Waals surface area contributed by atoms with E-state index < -0.39 is 0 Å². The zero-order chi connectivity index (χ0) is 12.1. The normalized spacial score (nSPS) is 9.50. The number of para-hydroxylation sites is 2. The summed E-state index contributed by atoms with van der Waals surface area (Å²) >= 11 is 0. The lowest BCUT2D eigenvalue weighted by Crippen LogP contribution is -1.98. The first kappa shape index (κ1) is 12.2. The van der Waals surface area contributed by atoms with E-state index >= 15 is 0 Å². The summed E-state index contributed by atoms with van der Waals surface area (Å²) in [5, 5.41) is 17.9. The molecule has 16 heavy (non-hydrogen) atoms. The van der Waals surface area contributed by atoms with Crippen LogP contribution in [0.4, 0.5) is 0 Å². The summed E-state index contributed by atoms with van der Waals surface area (Å²) < 4.78 is 0. The SMILES string of the molecule is CC.Cc1nn(-c2ccccc2O)nc1C. The van der Waals surface area contributed by atoms with Crippen molar-refractivity contribution in [1.29, 1.82) is 0 Å². The first-order chi connectivity index (χ1) is 7.68. The van der Waals surface area contributed by atoms with Crippen LogP contribution in [-0.2, 0) is 0 Å². The standard InChI is InChI=1S/C10H11N3O.C2H6/c1-7-8(2)12-13(11-7)9-5-3-4-6-10(9)14;1-2/h3-6,14H,1-2H3;1-2H3. The molecule has 0 unspecified atom stereocenters. The molecule has 2 aromatic rings. The maximum absolute atomic E-state index is 9.56. The maximum atomic E-state index is 9.56. The van der Waals surface area contributed by atoms with Gasteiger partial charge in [-0.25, -0.2) is 0 Å². The fraction of sp³-hybridized carbons (Fsp3) is 0.333. The number of benzene rings is 1. The summed E-state index contributed by atoms with van der Waals surface area (Å²) in [5.41, 5.74) is 2.34. The minimum absolute atomic E-state index is 0.183. The van der Waals surface area contributed by atoms with Crippen molar-refractivity contribution in [3.63, 3.8) is 0 Å². The molecule has 0 aliphatic carbocycles. The van der Waals surface area contributed by atoms with Crippen molar-refractivity contribution in [1.82, 2.24) is 15.0 Å². The van der Waals surface area contributed by atoms with E-state index in [0.717, 1.165) is 11.4 Å². The molecule has 0 aliphatic heterocycles. The zero-order valence-electron chi connectivity index (χ0n) is 10.1. The Morgan fingerprint density at radius 1 is 1.00 bits per heavy atom. The van der Waals surface area contributed by atoms with Gasteiger partial charge in [-0.15, -0.1) is 4.80 Å². The fourth-order valence-corrected chi connectivity index (χ4v) is 1.19. The van der Waals surface area contributed by atoms with Crippen molar-refractivity contribution >= 4 is 0 Å². The minimum atomic E-state index is 0.183. The van der Waals surface area contributed by atoms with E-state index in [-0.39, 0.29) is 5.75 Å². The molecule has 0 amide bonds. The molecule has 0 radical (unpaired) electrons. The number of aryl methyl sites for hydroxylation is 2. The number of aromatic hydroxyl groups is 1. The molecule has 0 saturated carbocycles. The van der Waals surface area contributed by atoms with Crippen LogP contribution in [0.1, 0.15) is 25.2 Å².